The average Bonchev–Trinajstić information content (AvgIpc) is 2.30. The number of carboxylic acids is 1. The first-order valence-corrected chi connectivity index (χ1v) is 10.8. The first kappa shape index (κ1) is 19.4. The molecule has 0 fully saturated rings. The molecular formula is C16H32O3Si. The Balaban J connectivity index is 4.08. The summed E-state index contributed by atoms with van der Waals surface area (Å²) in [7, 11) is -1.60. The molecule has 0 aliphatic heterocycles. The van der Waals surface area contributed by atoms with Crippen molar-refractivity contribution in [1.82, 2.24) is 0 Å². The Hall–Kier alpha value is -0.613. The number of carboxylic acid groups (broad SMARTS) is 1. The minimum Gasteiger partial charge on any atom is -0.481 e. The van der Waals surface area contributed by atoms with Crippen molar-refractivity contribution in [2.24, 2.45) is 11.8 Å². The first-order valence-electron chi connectivity index (χ1n) is 7.71. The number of carbonyl (C=O) groups is 1. The van der Waals surface area contributed by atoms with Crippen molar-refractivity contribution >= 4 is 14.3 Å². The molecule has 0 aliphatic rings. The van der Waals surface area contributed by atoms with E-state index in [0.717, 1.165) is 30.9 Å². The van der Waals surface area contributed by atoms with E-state index >= 15 is 0 Å². The second-order valence-corrected chi connectivity index (χ2v) is 11.0. The fourth-order valence-corrected chi connectivity index (χ4v) is 5.21. The first-order chi connectivity index (χ1) is 9.18. The van der Waals surface area contributed by atoms with Crippen molar-refractivity contribution in [2.45, 2.75) is 65.6 Å². The maximum Gasteiger partial charge on any atom is 0.306 e. The highest BCUT2D eigenvalue weighted by atomic mass is 28.4. The van der Waals surface area contributed by atoms with E-state index in [1.54, 1.807) is 0 Å². The van der Waals surface area contributed by atoms with Gasteiger partial charge in [-0.2, -0.15) is 0 Å². The van der Waals surface area contributed by atoms with E-state index in [1.807, 2.05) is 6.92 Å². The molecule has 0 saturated carbocycles. The molecule has 1 unspecified atom stereocenters. The van der Waals surface area contributed by atoms with Gasteiger partial charge in [0.25, 0.3) is 0 Å². The molecule has 0 radical (unpaired) electrons. The number of rotatable bonds is 11. The molecule has 3 nitrogen and oxygen atoms in total. The van der Waals surface area contributed by atoms with Crippen molar-refractivity contribution in [2.75, 3.05) is 6.61 Å². The van der Waals surface area contributed by atoms with Gasteiger partial charge in [-0.05, 0) is 44.3 Å². The van der Waals surface area contributed by atoms with Crippen LogP contribution in [0.25, 0.3) is 0 Å². The van der Waals surface area contributed by atoms with Crippen LogP contribution in [-0.2, 0) is 9.22 Å². The van der Waals surface area contributed by atoms with Crippen molar-refractivity contribution in [3.05, 3.63) is 12.2 Å². The largest absolute Gasteiger partial charge is 0.481 e. The van der Waals surface area contributed by atoms with Gasteiger partial charge in [0.15, 0.2) is 8.32 Å². The topological polar surface area (TPSA) is 46.5 Å². The molecule has 1 N–H and O–H groups in total. The number of hydrogen-bond acceptors (Lipinski definition) is 2. The number of hydrogen-bond donors (Lipinski definition) is 1. The van der Waals surface area contributed by atoms with Crippen LogP contribution in [0, 0.1) is 11.8 Å². The Morgan fingerprint density at radius 3 is 2.35 bits per heavy atom. The van der Waals surface area contributed by atoms with Crippen LogP contribution in [0.3, 0.4) is 0 Å². The lowest BCUT2D eigenvalue weighted by Crippen LogP contribution is -2.32. The summed E-state index contributed by atoms with van der Waals surface area (Å²) in [6, 6.07) is 1.15. The standard InChI is InChI=1S/C16H32O3Si/c1-7-8-15(16(17)18)10-9-14(4)11-19-20(5,6)12-13(2)3/h13,15H,4,7-12H2,1-3,5-6H3,(H,17,18). The van der Waals surface area contributed by atoms with Gasteiger partial charge in [-0.1, -0.05) is 39.3 Å². The summed E-state index contributed by atoms with van der Waals surface area (Å²) < 4.78 is 6.05. The normalized spacial score (nSPS) is 13.5. The Morgan fingerprint density at radius 2 is 1.90 bits per heavy atom. The van der Waals surface area contributed by atoms with E-state index in [9.17, 15) is 4.79 Å². The molecule has 0 amide bonds. The lowest BCUT2D eigenvalue weighted by atomic mass is 9.96. The van der Waals surface area contributed by atoms with Crippen LogP contribution < -0.4 is 0 Å². The molecule has 0 aromatic heterocycles. The lowest BCUT2D eigenvalue weighted by molar-refractivity contribution is -0.142. The van der Waals surface area contributed by atoms with Gasteiger partial charge in [0.2, 0.25) is 0 Å². The summed E-state index contributed by atoms with van der Waals surface area (Å²) in [6.07, 6.45) is 3.09. The van der Waals surface area contributed by atoms with Crippen molar-refractivity contribution in [3.63, 3.8) is 0 Å². The maximum absolute atomic E-state index is 11.1. The van der Waals surface area contributed by atoms with E-state index < -0.39 is 14.3 Å². The van der Waals surface area contributed by atoms with Crippen LogP contribution in [0.1, 0.15) is 46.5 Å². The summed E-state index contributed by atoms with van der Waals surface area (Å²) in [5, 5.41) is 9.12. The maximum atomic E-state index is 11.1. The number of aliphatic carboxylic acids is 1. The molecule has 118 valence electrons. The molecule has 0 rings (SSSR count). The van der Waals surface area contributed by atoms with Crippen LogP contribution in [-0.4, -0.2) is 26.0 Å². The van der Waals surface area contributed by atoms with Gasteiger partial charge in [-0.25, -0.2) is 0 Å². The van der Waals surface area contributed by atoms with E-state index in [-0.39, 0.29) is 5.92 Å². The third kappa shape index (κ3) is 9.32. The van der Waals surface area contributed by atoms with Crippen LogP contribution in [0.4, 0.5) is 0 Å². The molecular weight excluding hydrogens is 268 g/mol. The minimum absolute atomic E-state index is 0.238. The zero-order chi connectivity index (χ0) is 15.8. The smallest absolute Gasteiger partial charge is 0.306 e. The third-order valence-electron chi connectivity index (χ3n) is 3.40. The molecule has 1 atom stereocenters. The molecule has 0 spiro atoms. The SMILES string of the molecule is C=C(CCC(CCC)C(=O)O)CO[Si](C)(C)CC(C)C. The molecule has 0 heterocycles. The van der Waals surface area contributed by atoms with Crippen LogP contribution in [0.2, 0.25) is 19.1 Å². The summed E-state index contributed by atoms with van der Waals surface area (Å²) in [6.45, 7) is 15.5. The van der Waals surface area contributed by atoms with Crippen LogP contribution in [0.15, 0.2) is 12.2 Å². The van der Waals surface area contributed by atoms with Gasteiger partial charge >= 0.3 is 5.97 Å². The van der Waals surface area contributed by atoms with E-state index in [1.165, 1.54) is 0 Å². The second-order valence-electron chi connectivity index (χ2n) is 6.76. The van der Waals surface area contributed by atoms with Crippen LogP contribution >= 0.6 is 0 Å². The quantitative estimate of drug-likeness (QED) is 0.444. The van der Waals surface area contributed by atoms with Crippen molar-refractivity contribution < 1.29 is 14.3 Å². The fourth-order valence-electron chi connectivity index (χ4n) is 2.53. The monoisotopic (exact) mass is 300 g/mol. The molecule has 20 heavy (non-hydrogen) atoms. The summed E-state index contributed by atoms with van der Waals surface area (Å²) in [5.74, 6) is -0.265. The molecule has 4 heteroatoms. The van der Waals surface area contributed by atoms with Gasteiger partial charge < -0.3 is 9.53 Å². The predicted molar refractivity (Wildman–Crippen MR) is 87.5 cm³/mol. The average molecular weight is 301 g/mol. The summed E-state index contributed by atoms with van der Waals surface area (Å²) in [4.78, 5) is 11.1. The van der Waals surface area contributed by atoms with Gasteiger partial charge in [0, 0.05) is 0 Å². The van der Waals surface area contributed by atoms with E-state index in [2.05, 4.69) is 33.5 Å². The second kappa shape index (κ2) is 9.35. The van der Waals surface area contributed by atoms with E-state index in [4.69, 9.17) is 9.53 Å². The highest BCUT2D eigenvalue weighted by Gasteiger charge is 2.24. The molecule has 0 aromatic carbocycles. The Bertz CT molecular complexity index is 311. The fraction of sp³-hybridized carbons (Fsp3) is 0.812. The molecule has 0 saturated heterocycles. The summed E-state index contributed by atoms with van der Waals surface area (Å²) in [5.41, 5.74) is 1.02. The van der Waals surface area contributed by atoms with Crippen molar-refractivity contribution in [1.29, 1.82) is 0 Å². The Kier molecular flexibility index (Phi) is 9.06. The predicted octanol–water partition coefficient (Wildman–Crippen LogP) is 4.70. The Morgan fingerprint density at radius 1 is 1.30 bits per heavy atom. The Labute approximate surface area is 125 Å². The van der Waals surface area contributed by atoms with E-state index in [0.29, 0.717) is 18.9 Å². The zero-order valence-electron chi connectivity index (χ0n) is 13.9. The molecule has 0 bridgehead atoms. The van der Waals surface area contributed by atoms with Gasteiger partial charge in [-0.3, -0.25) is 4.79 Å². The summed E-state index contributed by atoms with van der Waals surface area (Å²) >= 11 is 0. The highest BCUT2D eigenvalue weighted by molar-refractivity contribution is 6.71. The third-order valence-corrected chi connectivity index (χ3v) is 6.13. The zero-order valence-corrected chi connectivity index (χ0v) is 14.9. The van der Waals surface area contributed by atoms with Gasteiger partial charge in [0.1, 0.15) is 0 Å². The van der Waals surface area contributed by atoms with Gasteiger partial charge in [-0.15, -0.1) is 0 Å². The molecule has 0 aromatic rings. The van der Waals surface area contributed by atoms with Crippen molar-refractivity contribution in [3.8, 4) is 0 Å². The highest BCUT2D eigenvalue weighted by Crippen LogP contribution is 2.21. The minimum atomic E-state index is -1.60. The van der Waals surface area contributed by atoms with Crippen LogP contribution in [0.5, 0.6) is 0 Å². The lowest BCUT2D eigenvalue weighted by Gasteiger charge is -2.25. The molecule has 0 aliphatic carbocycles. The van der Waals surface area contributed by atoms with Gasteiger partial charge in [0.05, 0.1) is 12.5 Å².